The van der Waals surface area contributed by atoms with Gasteiger partial charge in [0.05, 0.1) is 8.07 Å². The molecule has 0 radical (unpaired) electrons. The molecule has 1 unspecified atom stereocenters. The van der Waals surface area contributed by atoms with Crippen LogP contribution in [0.2, 0.25) is 19.6 Å². The van der Waals surface area contributed by atoms with Gasteiger partial charge in [0.2, 0.25) is 0 Å². The molecule has 0 amide bonds. The summed E-state index contributed by atoms with van der Waals surface area (Å²) in [6.45, 7) is 7.00. The van der Waals surface area contributed by atoms with Crippen molar-refractivity contribution in [2.45, 2.75) is 19.6 Å². The number of rotatable bonds is 4. The highest BCUT2D eigenvalue weighted by atomic mass is 31.1. The predicted octanol–water partition coefficient (Wildman–Crippen LogP) is 2.26. The summed E-state index contributed by atoms with van der Waals surface area (Å²) in [7, 11) is 3.16. The molecule has 0 bridgehead atoms. The quantitative estimate of drug-likeness (QED) is 0.395. The Balaban J connectivity index is 2.42. The predicted molar refractivity (Wildman–Crippen MR) is 102 cm³/mol. The van der Waals surface area contributed by atoms with E-state index in [0.717, 1.165) is 5.30 Å². The summed E-state index contributed by atoms with van der Waals surface area (Å²) < 4.78 is 2.06. The molecule has 0 aromatic heterocycles. The number of hydrogen-bond acceptors (Lipinski definition) is 1. The molecule has 0 aliphatic rings. The first-order valence-corrected chi connectivity index (χ1v) is 12.0. The maximum absolute atomic E-state index is 10.2. The second kappa shape index (κ2) is 6.76. The molecule has 22 heavy (non-hydrogen) atoms. The summed E-state index contributed by atoms with van der Waals surface area (Å²) >= 11 is 0. The maximum atomic E-state index is 10.2. The topological polar surface area (TPSA) is 23.2 Å². The van der Waals surface area contributed by atoms with Crippen LogP contribution in [0.25, 0.3) is 0 Å². The SMILES string of the molecule is C[N+](C)=Cc1ccccc1Pc1cc([Si](C)(C)C)ccc1O. The average molecular weight is 330 g/mol. The molecule has 116 valence electrons. The van der Waals surface area contributed by atoms with E-state index in [2.05, 4.69) is 66.8 Å². The number of nitrogens with zero attached hydrogens (tertiary/aromatic N) is 1. The third-order valence-electron chi connectivity index (χ3n) is 3.49. The summed E-state index contributed by atoms with van der Waals surface area (Å²) in [5.74, 6) is 0.403. The third-order valence-corrected chi connectivity index (χ3v) is 6.93. The second-order valence-corrected chi connectivity index (χ2v) is 13.2. The average Bonchev–Trinajstić information content (AvgIpc) is 2.41. The molecule has 2 aromatic carbocycles. The van der Waals surface area contributed by atoms with Crippen LogP contribution in [0.3, 0.4) is 0 Å². The zero-order valence-corrected chi connectivity index (χ0v) is 16.0. The Morgan fingerprint density at radius 2 is 1.68 bits per heavy atom. The van der Waals surface area contributed by atoms with Crippen LogP contribution < -0.4 is 15.8 Å². The molecule has 2 aromatic rings. The zero-order chi connectivity index (χ0) is 16.3. The standard InChI is InChI=1S/C18H24NOPSi/c1-19(2)13-14-8-6-7-9-17(14)21-18-12-15(22(3,4)5)10-11-16(18)20/h6-13,21H,1-5H3/p+1. The van der Waals surface area contributed by atoms with E-state index in [0.29, 0.717) is 14.3 Å². The molecule has 0 aliphatic heterocycles. The fraction of sp³-hybridized carbons (Fsp3) is 0.278. The smallest absolute Gasteiger partial charge is 0.170 e. The lowest BCUT2D eigenvalue weighted by Crippen LogP contribution is -2.38. The highest BCUT2D eigenvalue weighted by molar-refractivity contribution is 7.56. The Kier molecular flexibility index (Phi) is 5.20. The Morgan fingerprint density at radius 1 is 1.00 bits per heavy atom. The maximum Gasteiger partial charge on any atom is 0.170 e. The van der Waals surface area contributed by atoms with Gasteiger partial charge in [-0.3, -0.25) is 0 Å². The molecule has 0 fully saturated rings. The highest BCUT2D eigenvalue weighted by Gasteiger charge is 2.18. The minimum atomic E-state index is -1.37. The van der Waals surface area contributed by atoms with Crippen molar-refractivity contribution in [3.63, 3.8) is 0 Å². The van der Waals surface area contributed by atoms with Crippen LogP contribution >= 0.6 is 8.58 Å². The molecule has 0 saturated carbocycles. The number of phenolic OH excluding ortho intramolecular Hbond substituents is 1. The number of hydrogen-bond donors (Lipinski definition) is 1. The van der Waals surface area contributed by atoms with Crippen LogP contribution in [0.4, 0.5) is 0 Å². The van der Waals surface area contributed by atoms with Gasteiger partial charge in [-0.05, 0) is 17.4 Å². The van der Waals surface area contributed by atoms with Gasteiger partial charge in [0.15, 0.2) is 6.21 Å². The molecule has 0 spiro atoms. The largest absolute Gasteiger partial charge is 0.507 e. The zero-order valence-electron chi connectivity index (χ0n) is 14.0. The monoisotopic (exact) mass is 330 g/mol. The van der Waals surface area contributed by atoms with Gasteiger partial charge in [0, 0.05) is 10.9 Å². The van der Waals surface area contributed by atoms with E-state index in [9.17, 15) is 5.11 Å². The first-order valence-electron chi connectivity index (χ1n) is 7.48. The van der Waals surface area contributed by atoms with E-state index in [1.807, 2.05) is 20.2 Å². The lowest BCUT2D eigenvalue weighted by atomic mass is 10.2. The van der Waals surface area contributed by atoms with Gasteiger partial charge < -0.3 is 5.11 Å². The summed E-state index contributed by atoms with van der Waals surface area (Å²) in [6.07, 6.45) is 2.13. The summed E-state index contributed by atoms with van der Waals surface area (Å²) in [5, 5.41) is 13.9. The number of phenols is 1. The fourth-order valence-electron chi connectivity index (χ4n) is 2.25. The van der Waals surface area contributed by atoms with Gasteiger partial charge in [0.25, 0.3) is 0 Å². The minimum absolute atomic E-state index is 0.403. The van der Waals surface area contributed by atoms with E-state index in [4.69, 9.17) is 0 Å². The fourth-order valence-corrected chi connectivity index (χ4v) is 4.76. The summed E-state index contributed by atoms with van der Waals surface area (Å²) in [6, 6.07) is 14.5. The minimum Gasteiger partial charge on any atom is -0.507 e. The van der Waals surface area contributed by atoms with E-state index < -0.39 is 8.07 Å². The molecule has 0 heterocycles. The first-order chi connectivity index (χ1) is 10.3. The molecule has 0 saturated heterocycles. The first kappa shape index (κ1) is 16.9. The van der Waals surface area contributed by atoms with Crippen molar-refractivity contribution >= 4 is 38.7 Å². The molecule has 0 aliphatic carbocycles. The molecule has 1 atom stereocenters. The van der Waals surface area contributed by atoms with Gasteiger partial charge in [-0.25, -0.2) is 4.58 Å². The second-order valence-electron chi connectivity index (χ2n) is 6.79. The van der Waals surface area contributed by atoms with Crippen molar-refractivity contribution in [1.29, 1.82) is 0 Å². The van der Waals surface area contributed by atoms with Crippen molar-refractivity contribution in [1.82, 2.24) is 0 Å². The van der Waals surface area contributed by atoms with E-state index in [-0.39, 0.29) is 0 Å². The van der Waals surface area contributed by atoms with Crippen molar-refractivity contribution in [2.24, 2.45) is 0 Å². The highest BCUT2D eigenvalue weighted by Crippen LogP contribution is 2.19. The molecule has 1 N–H and O–H groups in total. The van der Waals surface area contributed by atoms with Gasteiger partial charge in [0.1, 0.15) is 19.8 Å². The van der Waals surface area contributed by atoms with Crippen LogP contribution in [0, 0.1) is 0 Å². The molecule has 2 nitrogen and oxygen atoms in total. The van der Waals surface area contributed by atoms with Crippen LogP contribution in [0.15, 0.2) is 42.5 Å². The normalized spacial score (nSPS) is 11.9. The third kappa shape index (κ3) is 4.28. The van der Waals surface area contributed by atoms with Crippen LogP contribution in [-0.4, -0.2) is 38.1 Å². The molecular weight excluding hydrogens is 305 g/mol. The Hall–Kier alpha value is -1.44. The summed E-state index contributed by atoms with van der Waals surface area (Å²) in [5.41, 5.74) is 1.21. The number of aromatic hydroxyl groups is 1. The van der Waals surface area contributed by atoms with Crippen LogP contribution in [0.1, 0.15) is 5.56 Å². The van der Waals surface area contributed by atoms with E-state index in [1.54, 1.807) is 0 Å². The molecule has 4 heteroatoms. The lowest BCUT2D eigenvalue weighted by Gasteiger charge is -2.18. The van der Waals surface area contributed by atoms with E-state index in [1.165, 1.54) is 16.1 Å². The molecular formula is C18H25NOPSi+. The van der Waals surface area contributed by atoms with Gasteiger partial charge in [-0.2, -0.15) is 0 Å². The van der Waals surface area contributed by atoms with Crippen molar-refractivity contribution < 1.29 is 9.68 Å². The lowest BCUT2D eigenvalue weighted by molar-refractivity contribution is -0.458. The molecule has 2 rings (SSSR count). The van der Waals surface area contributed by atoms with Gasteiger partial charge >= 0.3 is 0 Å². The Labute approximate surface area is 136 Å². The van der Waals surface area contributed by atoms with Crippen molar-refractivity contribution in [3.05, 3.63) is 48.0 Å². The van der Waals surface area contributed by atoms with Crippen molar-refractivity contribution in [2.75, 3.05) is 14.1 Å². The summed E-state index contributed by atoms with van der Waals surface area (Å²) in [4.78, 5) is 0. The van der Waals surface area contributed by atoms with Crippen LogP contribution in [0.5, 0.6) is 5.75 Å². The Bertz CT molecular complexity index is 700. The van der Waals surface area contributed by atoms with Gasteiger partial charge in [-0.1, -0.05) is 63.7 Å². The van der Waals surface area contributed by atoms with Crippen molar-refractivity contribution in [3.8, 4) is 5.75 Å². The van der Waals surface area contributed by atoms with Gasteiger partial charge in [-0.15, -0.1) is 0 Å². The number of benzene rings is 2. The Morgan fingerprint density at radius 3 is 2.32 bits per heavy atom. The van der Waals surface area contributed by atoms with E-state index >= 15 is 0 Å². The van der Waals surface area contributed by atoms with Crippen LogP contribution in [-0.2, 0) is 0 Å².